The third-order valence-corrected chi connectivity index (χ3v) is 5.58. The maximum atomic E-state index is 12.3. The van der Waals surface area contributed by atoms with Gasteiger partial charge in [0.2, 0.25) is 5.91 Å². The van der Waals surface area contributed by atoms with E-state index in [0.717, 1.165) is 23.1 Å². The number of likely N-dealkylation sites (N-methyl/N-ethyl adjacent to an activating group) is 1. The molecule has 0 saturated carbocycles. The van der Waals surface area contributed by atoms with Crippen LogP contribution >= 0.6 is 0 Å². The van der Waals surface area contributed by atoms with E-state index in [2.05, 4.69) is 0 Å². The van der Waals surface area contributed by atoms with Crippen LogP contribution in [0.4, 0.5) is 0 Å². The van der Waals surface area contributed by atoms with Gasteiger partial charge in [-0.3, -0.25) is 8.98 Å². The summed E-state index contributed by atoms with van der Waals surface area (Å²) in [5.41, 5.74) is 2.07. The quantitative estimate of drug-likeness (QED) is 0.665. The molecule has 3 rings (SSSR count). The van der Waals surface area contributed by atoms with Crippen molar-refractivity contribution in [3.8, 4) is 5.75 Å². The minimum Gasteiger partial charge on any atom is -0.489 e. The van der Waals surface area contributed by atoms with Crippen molar-refractivity contribution in [1.29, 1.82) is 0 Å². The fourth-order valence-corrected chi connectivity index (χ4v) is 4.18. The summed E-state index contributed by atoms with van der Waals surface area (Å²) in [6, 6.07) is 17.2. The molecule has 0 bridgehead atoms. The maximum Gasteiger partial charge on any atom is 0.264 e. The monoisotopic (exact) mass is 403 g/mol. The maximum absolute atomic E-state index is 12.3. The van der Waals surface area contributed by atoms with E-state index in [0.29, 0.717) is 13.0 Å². The van der Waals surface area contributed by atoms with Crippen molar-refractivity contribution >= 4 is 16.0 Å². The Morgan fingerprint density at radius 2 is 1.64 bits per heavy atom. The lowest BCUT2D eigenvalue weighted by atomic mass is 9.98. The van der Waals surface area contributed by atoms with Crippen molar-refractivity contribution in [1.82, 2.24) is 4.90 Å². The molecule has 2 unspecified atom stereocenters. The predicted molar refractivity (Wildman–Crippen MR) is 106 cm³/mol. The molecule has 1 amide bonds. The highest BCUT2D eigenvalue weighted by molar-refractivity contribution is 7.86. The number of hydrogen-bond donors (Lipinski definition) is 0. The van der Waals surface area contributed by atoms with Crippen LogP contribution < -0.4 is 4.74 Å². The first-order valence-corrected chi connectivity index (χ1v) is 11.0. The van der Waals surface area contributed by atoms with Crippen LogP contribution in [0.15, 0.2) is 54.6 Å². The minimum absolute atomic E-state index is 0.110. The Bertz CT molecular complexity index is 912. The second-order valence-corrected chi connectivity index (χ2v) is 8.79. The Kier molecular flexibility index (Phi) is 6.05. The number of likely N-dealkylation sites (tertiary alicyclic amines) is 1. The summed E-state index contributed by atoms with van der Waals surface area (Å²) >= 11 is 0. The van der Waals surface area contributed by atoms with E-state index in [9.17, 15) is 13.2 Å². The van der Waals surface area contributed by atoms with Gasteiger partial charge in [0.15, 0.2) is 0 Å². The van der Waals surface area contributed by atoms with Gasteiger partial charge in [-0.05, 0) is 29.7 Å². The average Bonchev–Trinajstić information content (AvgIpc) is 2.85. The molecule has 1 aliphatic rings. The van der Waals surface area contributed by atoms with E-state index in [-0.39, 0.29) is 11.9 Å². The van der Waals surface area contributed by atoms with Gasteiger partial charge in [0.05, 0.1) is 18.2 Å². The molecule has 0 spiro atoms. The van der Waals surface area contributed by atoms with Gasteiger partial charge >= 0.3 is 0 Å². The lowest BCUT2D eigenvalue weighted by molar-refractivity contribution is -0.130. The zero-order valence-electron chi connectivity index (χ0n) is 16.2. The molecule has 1 fully saturated rings. The van der Waals surface area contributed by atoms with Crippen molar-refractivity contribution in [3.05, 3.63) is 65.7 Å². The molecule has 0 radical (unpaired) electrons. The van der Waals surface area contributed by atoms with Crippen molar-refractivity contribution < 1.29 is 22.1 Å². The highest BCUT2D eigenvalue weighted by Gasteiger charge is 2.46. The summed E-state index contributed by atoms with van der Waals surface area (Å²) in [4.78, 5) is 13.9. The molecule has 1 heterocycles. The third kappa shape index (κ3) is 4.91. The lowest BCUT2D eigenvalue weighted by Crippen LogP contribution is -2.38. The van der Waals surface area contributed by atoms with Crippen LogP contribution in [0.25, 0.3) is 0 Å². The zero-order chi connectivity index (χ0) is 20.3. The van der Waals surface area contributed by atoms with E-state index in [1.807, 2.05) is 54.6 Å². The standard InChI is InChI=1S/C21H25NO5S/c1-15-20(27-28(3,24)25)19(22(2)21(15)23)13-16-9-11-18(12-10-16)26-14-17-7-5-4-6-8-17/h4-12,15,19-20H,13-14H2,1-3H3/t15?,19-,20?/m0/s1. The van der Waals surface area contributed by atoms with E-state index >= 15 is 0 Å². The Labute approximate surface area is 166 Å². The number of benzene rings is 2. The van der Waals surface area contributed by atoms with Gasteiger partial charge in [-0.2, -0.15) is 8.42 Å². The van der Waals surface area contributed by atoms with E-state index in [1.165, 1.54) is 0 Å². The number of nitrogens with zero attached hydrogens (tertiary/aromatic N) is 1. The van der Waals surface area contributed by atoms with Gasteiger partial charge < -0.3 is 9.64 Å². The number of carbonyl (C=O) groups excluding carboxylic acids is 1. The molecule has 0 N–H and O–H groups in total. The van der Waals surface area contributed by atoms with Gasteiger partial charge in [-0.1, -0.05) is 49.4 Å². The number of ether oxygens (including phenoxy) is 1. The molecule has 2 aromatic rings. The fourth-order valence-electron chi connectivity index (χ4n) is 3.49. The number of carbonyl (C=O) groups is 1. The van der Waals surface area contributed by atoms with Crippen LogP contribution in [0.2, 0.25) is 0 Å². The van der Waals surface area contributed by atoms with Crippen LogP contribution in [0.5, 0.6) is 5.75 Å². The first-order chi connectivity index (χ1) is 13.2. The average molecular weight is 404 g/mol. The zero-order valence-corrected chi connectivity index (χ0v) is 17.1. The predicted octanol–water partition coefficient (Wildman–Crippen LogP) is 2.63. The van der Waals surface area contributed by atoms with Crippen LogP contribution in [0.3, 0.4) is 0 Å². The highest BCUT2D eigenvalue weighted by Crippen LogP contribution is 2.30. The van der Waals surface area contributed by atoms with Gasteiger partial charge in [-0.15, -0.1) is 0 Å². The second-order valence-electron chi connectivity index (χ2n) is 7.19. The first kappa shape index (κ1) is 20.4. The Morgan fingerprint density at radius 1 is 1.00 bits per heavy atom. The van der Waals surface area contributed by atoms with Crippen LogP contribution in [0.1, 0.15) is 18.1 Å². The molecule has 0 aliphatic carbocycles. The van der Waals surface area contributed by atoms with Crippen LogP contribution in [-0.2, 0) is 32.1 Å². The summed E-state index contributed by atoms with van der Waals surface area (Å²) in [6.07, 6.45) is 0.825. The molecule has 28 heavy (non-hydrogen) atoms. The molecule has 3 atom stereocenters. The SMILES string of the molecule is CC1C(=O)N(C)[C@@H](Cc2ccc(OCc3ccccc3)cc2)C1OS(C)(=O)=O. The number of hydrogen-bond acceptors (Lipinski definition) is 5. The van der Waals surface area contributed by atoms with Crippen molar-refractivity contribution in [2.45, 2.75) is 32.1 Å². The highest BCUT2D eigenvalue weighted by atomic mass is 32.2. The molecule has 6 nitrogen and oxygen atoms in total. The smallest absolute Gasteiger partial charge is 0.264 e. The van der Waals surface area contributed by atoms with Gasteiger partial charge in [0, 0.05) is 7.05 Å². The first-order valence-electron chi connectivity index (χ1n) is 9.15. The summed E-state index contributed by atoms with van der Waals surface area (Å²) in [6.45, 7) is 2.19. The van der Waals surface area contributed by atoms with Crippen molar-refractivity contribution in [2.24, 2.45) is 5.92 Å². The topological polar surface area (TPSA) is 72.9 Å². The molecule has 150 valence electrons. The van der Waals surface area contributed by atoms with Crippen molar-refractivity contribution in [3.63, 3.8) is 0 Å². The van der Waals surface area contributed by atoms with E-state index < -0.39 is 22.1 Å². The fraction of sp³-hybridized carbons (Fsp3) is 0.381. The summed E-state index contributed by atoms with van der Waals surface area (Å²) < 4.78 is 34.2. The molecular formula is C21H25NO5S. The summed E-state index contributed by atoms with van der Waals surface area (Å²) in [5.74, 6) is 0.139. The van der Waals surface area contributed by atoms with Crippen LogP contribution in [0, 0.1) is 5.92 Å². The molecular weight excluding hydrogens is 378 g/mol. The van der Waals surface area contributed by atoms with Crippen molar-refractivity contribution in [2.75, 3.05) is 13.3 Å². The van der Waals surface area contributed by atoms with Gasteiger partial charge in [0.1, 0.15) is 18.5 Å². The Balaban J connectivity index is 1.67. The Morgan fingerprint density at radius 3 is 2.25 bits per heavy atom. The number of rotatable bonds is 7. The second kappa shape index (κ2) is 8.32. The molecule has 2 aromatic carbocycles. The molecule has 7 heteroatoms. The molecule has 0 aromatic heterocycles. The van der Waals surface area contributed by atoms with E-state index in [1.54, 1.807) is 18.9 Å². The number of amides is 1. The van der Waals surface area contributed by atoms with Gasteiger partial charge in [-0.25, -0.2) is 0 Å². The van der Waals surface area contributed by atoms with Gasteiger partial charge in [0.25, 0.3) is 10.1 Å². The Hall–Kier alpha value is -2.38. The third-order valence-electron chi connectivity index (χ3n) is 5.01. The minimum atomic E-state index is -3.65. The van der Waals surface area contributed by atoms with E-state index in [4.69, 9.17) is 8.92 Å². The normalized spacial score (nSPS) is 22.5. The largest absolute Gasteiger partial charge is 0.489 e. The lowest BCUT2D eigenvalue weighted by Gasteiger charge is -2.24. The van der Waals surface area contributed by atoms with Crippen LogP contribution in [-0.4, -0.2) is 44.7 Å². The summed E-state index contributed by atoms with van der Waals surface area (Å²) in [7, 11) is -1.96. The molecule has 1 saturated heterocycles. The summed E-state index contributed by atoms with van der Waals surface area (Å²) in [5, 5.41) is 0. The molecule has 1 aliphatic heterocycles.